The Morgan fingerprint density at radius 2 is 1.65 bits per heavy atom. The Labute approximate surface area is 136 Å². The minimum Gasteiger partial charge on any atom is -0.326 e. The minimum absolute atomic E-state index is 0.148. The number of hydrogen-bond acceptors (Lipinski definition) is 2. The van der Waals surface area contributed by atoms with E-state index >= 15 is 0 Å². The molecule has 0 unspecified atom stereocenters. The maximum atomic E-state index is 12.3. The van der Waals surface area contributed by atoms with Gasteiger partial charge in [-0.1, -0.05) is 30.3 Å². The fourth-order valence-electron chi connectivity index (χ4n) is 2.21. The molecule has 2 aromatic carbocycles. The SMILES string of the molecule is CC(=O)Nc1cccc(NC(=O)N(C)Cc2ccccc2C)c1. The number of carbonyl (C=O) groups excluding carboxylic acids is 2. The molecule has 23 heavy (non-hydrogen) atoms. The van der Waals surface area contributed by atoms with Gasteiger partial charge in [-0.3, -0.25) is 4.79 Å². The van der Waals surface area contributed by atoms with Crippen molar-refractivity contribution in [1.82, 2.24) is 4.90 Å². The third-order valence-corrected chi connectivity index (χ3v) is 3.45. The normalized spacial score (nSPS) is 10.0. The molecule has 0 aliphatic heterocycles. The number of nitrogens with zero attached hydrogens (tertiary/aromatic N) is 1. The molecule has 5 heteroatoms. The summed E-state index contributed by atoms with van der Waals surface area (Å²) in [6.45, 7) is 4.00. The summed E-state index contributed by atoms with van der Waals surface area (Å²) in [4.78, 5) is 25.0. The number of urea groups is 1. The fraction of sp³-hybridized carbons (Fsp3) is 0.222. The van der Waals surface area contributed by atoms with Crippen molar-refractivity contribution < 1.29 is 9.59 Å². The van der Waals surface area contributed by atoms with Crippen molar-refractivity contribution in [3.05, 3.63) is 59.7 Å². The number of anilines is 2. The van der Waals surface area contributed by atoms with Crippen LogP contribution in [0.5, 0.6) is 0 Å². The Balaban J connectivity index is 2.01. The maximum Gasteiger partial charge on any atom is 0.321 e. The Morgan fingerprint density at radius 1 is 1.00 bits per heavy atom. The number of amides is 3. The van der Waals surface area contributed by atoms with E-state index in [9.17, 15) is 9.59 Å². The third kappa shape index (κ3) is 4.85. The first-order chi connectivity index (χ1) is 11.0. The van der Waals surface area contributed by atoms with Crippen LogP contribution in [0.3, 0.4) is 0 Å². The van der Waals surface area contributed by atoms with Crippen molar-refractivity contribution in [3.8, 4) is 0 Å². The number of rotatable bonds is 4. The number of aryl methyl sites for hydroxylation is 1. The molecule has 0 spiro atoms. The summed E-state index contributed by atoms with van der Waals surface area (Å²) in [5, 5.41) is 5.52. The molecule has 2 N–H and O–H groups in total. The van der Waals surface area contributed by atoms with Crippen LogP contribution >= 0.6 is 0 Å². The monoisotopic (exact) mass is 311 g/mol. The lowest BCUT2D eigenvalue weighted by Crippen LogP contribution is -2.31. The van der Waals surface area contributed by atoms with E-state index in [1.807, 2.05) is 31.2 Å². The summed E-state index contributed by atoms with van der Waals surface area (Å²) in [7, 11) is 1.75. The highest BCUT2D eigenvalue weighted by Crippen LogP contribution is 2.16. The Hall–Kier alpha value is -2.82. The van der Waals surface area contributed by atoms with Gasteiger partial charge in [0.05, 0.1) is 0 Å². The van der Waals surface area contributed by atoms with Gasteiger partial charge >= 0.3 is 6.03 Å². The molecule has 0 aliphatic rings. The van der Waals surface area contributed by atoms with Gasteiger partial charge in [0, 0.05) is 31.9 Å². The molecule has 0 aliphatic carbocycles. The zero-order chi connectivity index (χ0) is 16.8. The molecule has 2 aromatic rings. The van der Waals surface area contributed by atoms with Crippen molar-refractivity contribution in [2.75, 3.05) is 17.7 Å². The quantitative estimate of drug-likeness (QED) is 0.906. The van der Waals surface area contributed by atoms with Crippen LogP contribution in [0.2, 0.25) is 0 Å². The van der Waals surface area contributed by atoms with Gasteiger partial charge < -0.3 is 15.5 Å². The van der Waals surface area contributed by atoms with Crippen LogP contribution in [0.1, 0.15) is 18.1 Å². The van der Waals surface area contributed by atoms with E-state index in [1.165, 1.54) is 6.92 Å². The first kappa shape index (κ1) is 16.5. The number of carbonyl (C=O) groups is 2. The predicted octanol–water partition coefficient (Wildman–Crippen LogP) is 3.62. The van der Waals surface area contributed by atoms with Crippen LogP contribution < -0.4 is 10.6 Å². The molecule has 0 atom stereocenters. The Bertz CT molecular complexity index is 713. The van der Waals surface area contributed by atoms with Crippen molar-refractivity contribution in [1.29, 1.82) is 0 Å². The van der Waals surface area contributed by atoms with Crippen LogP contribution in [-0.4, -0.2) is 23.9 Å². The molecule has 0 fully saturated rings. The molecule has 0 bridgehead atoms. The molecule has 0 aromatic heterocycles. The van der Waals surface area contributed by atoms with E-state index in [0.29, 0.717) is 17.9 Å². The van der Waals surface area contributed by atoms with Gasteiger partial charge in [0.2, 0.25) is 5.91 Å². The summed E-state index contributed by atoms with van der Waals surface area (Å²) in [5.74, 6) is -0.148. The molecule has 120 valence electrons. The van der Waals surface area contributed by atoms with E-state index < -0.39 is 0 Å². The van der Waals surface area contributed by atoms with Crippen molar-refractivity contribution in [2.24, 2.45) is 0 Å². The molecule has 0 saturated carbocycles. The number of benzene rings is 2. The van der Waals surface area contributed by atoms with Gasteiger partial charge in [-0.25, -0.2) is 4.79 Å². The molecule has 2 rings (SSSR count). The predicted molar refractivity (Wildman–Crippen MR) is 92.4 cm³/mol. The largest absolute Gasteiger partial charge is 0.326 e. The number of nitrogens with one attached hydrogen (secondary N) is 2. The zero-order valence-corrected chi connectivity index (χ0v) is 13.6. The topological polar surface area (TPSA) is 61.4 Å². The molecule has 5 nitrogen and oxygen atoms in total. The lowest BCUT2D eigenvalue weighted by Gasteiger charge is -2.19. The van der Waals surface area contributed by atoms with E-state index in [0.717, 1.165) is 11.1 Å². The minimum atomic E-state index is -0.201. The standard InChI is InChI=1S/C18H21N3O2/c1-13-7-4-5-8-15(13)12-21(3)18(23)20-17-10-6-9-16(11-17)19-14(2)22/h4-11H,12H2,1-3H3,(H,19,22)(H,20,23). The fourth-order valence-corrected chi connectivity index (χ4v) is 2.21. The van der Waals surface area contributed by atoms with Crippen LogP contribution in [0.4, 0.5) is 16.2 Å². The summed E-state index contributed by atoms with van der Waals surface area (Å²) in [6.07, 6.45) is 0. The van der Waals surface area contributed by atoms with Crippen LogP contribution in [-0.2, 0) is 11.3 Å². The van der Waals surface area contributed by atoms with Crippen LogP contribution in [0, 0.1) is 6.92 Å². The highest BCUT2D eigenvalue weighted by Gasteiger charge is 2.10. The maximum absolute atomic E-state index is 12.3. The van der Waals surface area contributed by atoms with Crippen molar-refractivity contribution in [2.45, 2.75) is 20.4 Å². The van der Waals surface area contributed by atoms with Gasteiger partial charge in [0.15, 0.2) is 0 Å². The zero-order valence-electron chi connectivity index (χ0n) is 13.6. The van der Waals surface area contributed by atoms with E-state index in [4.69, 9.17) is 0 Å². The first-order valence-electron chi connectivity index (χ1n) is 7.40. The van der Waals surface area contributed by atoms with Crippen molar-refractivity contribution in [3.63, 3.8) is 0 Å². The van der Waals surface area contributed by atoms with Gasteiger partial charge in [0.1, 0.15) is 0 Å². The molecule has 0 radical (unpaired) electrons. The third-order valence-electron chi connectivity index (χ3n) is 3.45. The summed E-state index contributed by atoms with van der Waals surface area (Å²) >= 11 is 0. The lowest BCUT2D eigenvalue weighted by molar-refractivity contribution is -0.114. The lowest BCUT2D eigenvalue weighted by atomic mass is 10.1. The summed E-state index contributed by atoms with van der Waals surface area (Å²) in [6, 6.07) is 14.8. The number of hydrogen-bond donors (Lipinski definition) is 2. The second kappa shape index (κ2) is 7.45. The van der Waals surface area contributed by atoms with Crippen molar-refractivity contribution >= 4 is 23.3 Å². The molecule has 0 heterocycles. The highest BCUT2D eigenvalue weighted by atomic mass is 16.2. The van der Waals surface area contributed by atoms with Gasteiger partial charge in [0.25, 0.3) is 0 Å². The average molecular weight is 311 g/mol. The van der Waals surface area contributed by atoms with Crippen LogP contribution in [0.25, 0.3) is 0 Å². The molecule has 0 saturated heterocycles. The Kier molecular flexibility index (Phi) is 5.36. The van der Waals surface area contributed by atoms with Gasteiger partial charge in [-0.15, -0.1) is 0 Å². The highest BCUT2D eigenvalue weighted by molar-refractivity contribution is 5.92. The molecular weight excluding hydrogens is 290 g/mol. The second-order valence-electron chi connectivity index (χ2n) is 5.47. The smallest absolute Gasteiger partial charge is 0.321 e. The Morgan fingerprint density at radius 3 is 2.30 bits per heavy atom. The average Bonchev–Trinajstić information content (AvgIpc) is 2.49. The van der Waals surface area contributed by atoms with Gasteiger partial charge in [-0.2, -0.15) is 0 Å². The van der Waals surface area contributed by atoms with Crippen LogP contribution in [0.15, 0.2) is 48.5 Å². The second-order valence-corrected chi connectivity index (χ2v) is 5.47. The summed E-state index contributed by atoms with van der Waals surface area (Å²) in [5.41, 5.74) is 3.55. The summed E-state index contributed by atoms with van der Waals surface area (Å²) < 4.78 is 0. The van der Waals surface area contributed by atoms with E-state index in [1.54, 1.807) is 36.2 Å². The van der Waals surface area contributed by atoms with E-state index in [-0.39, 0.29) is 11.9 Å². The van der Waals surface area contributed by atoms with E-state index in [2.05, 4.69) is 10.6 Å². The first-order valence-corrected chi connectivity index (χ1v) is 7.40. The molecular formula is C18H21N3O2. The molecule has 3 amide bonds. The van der Waals surface area contributed by atoms with Gasteiger partial charge in [-0.05, 0) is 36.2 Å².